The van der Waals surface area contributed by atoms with Gasteiger partial charge >= 0.3 is 0 Å². The van der Waals surface area contributed by atoms with E-state index in [2.05, 4.69) is 5.32 Å². The largest absolute Gasteiger partial charge is 0.507 e. The van der Waals surface area contributed by atoms with Gasteiger partial charge in [0.15, 0.2) is 0 Å². The van der Waals surface area contributed by atoms with Crippen molar-refractivity contribution in [1.82, 2.24) is 0 Å². The first-order chi connectivity index (χ1) is 7.33. The SMILES string of the molecule is OCCNc1cccc2c(O)cccc12. The van der Waals surface area contributed by atoms with Crippen LogP contribution in [-0.4, -0.2) is 23.4 Å². The maximum absolute atomic E-state index is 9.64. The Balaban J connectivity index is 2.51. The van der Waals surface area contributed by atoms with Gasteiger partial charge in [-0.15, -0.1) is 0 Å². The van der Waals surface area contributed by atoms with E-state index in [1.807, 2.05) is 30.3 Å². The summed E-state index contributed by atoms with van der Waals surface area (Å²) in [6.07, 6.45) is 0. The number of aromatic hydroxyl groups is 1. The minimum atomic E-state index is 0.0925. The third kappa shape index (κ3) is 1.87. The fraction of sp³-hybridized carbons (Fsp3) is 0.167. The van der Waals surface area contributed by atoms with E-state index in [1.54, 1.807) is 6.07 Å². The van der Waals surface area contributed by atoms with Gasteiger partial charge in [-0.25, -0.2) is 0 Å². The number of fused-ring (bicyclic) bond motifs is 1. The van der Waals surface area contributed by atoms with Gasteiger partial charge in [0.25, 0.3) is 0 Å². The molecule has 78 valence electrons. The molecule has 0 heterocycles. The molecule has 0 radical (unpaired) electrons. The molecular weight excluding hydrogens is 190 g/mol. The van der Waals surface area contributed by atoms with Crippen LogP contribution < -0.4 is 5.32 Å². The highest BCUT2D eigenvalue weighted by Crippen LogP contribution is 2.29. The number of phenols is 1. The summed E-state index contributed by atoms with van der Waals surface area (Å²) >= 11 is 0. The van der Waals surface area contributed by atoms with Gasteiger partial charge in [0.1, 0.15) is 5.75 Å². The van der Waals surface area contributed by atoms with Crippen LogP contribution in [0.1, 0.15) is 0 Å². The molecule has 0 fully saturated rings. The van der Waals surface area contributed by atoms with Gasteiger partial charge in [0, 0.05) is 23.0 Å². The predicted octanol–water partition coefficient (Wildman–Crippen LogP) is 1.95. The maximum atomic E-state index is 9.64. The second-order valence-electron chi connectivity index (χ2n) is 3.33. The Morgan fingerprint density at radius 3 is 2.53 bits per heavy atom. The molecule has 0 amide bonds. The summed E-state index contributed by atoms with van der Waals surface area (Å²) in [7, 11) is 0. The Kier molecular flexibility index (Phi) is 2.74. The van der Waals surface area contributed by atoms with E-state index in [-0.39, 0.29) is 12.4 Å². The number of phenolic OH excluding ortho intramolecular Hbond substituents is 1. The van der Waals surface area contributed by atoms with Gasteiger partial charge in [-0.05, 0) is 12.1 Å². The summed E-state index contributed by atoms with van der Waals surface area (Å²) in [4.78, 5) is 0. The second-order valence-corrected chi connectivity index (χ2v) is 3.33. The molecule has 3 heteroatoms. The molecular formula is C12H13NO2. The average Bonchev–Trinajstić information content (AvgIpc) is 2.27. The Morgan fingerprint density at radius 2 is 1.73 bits per heavy atom. The van der Waals surface area contributed by atoms with Crippen molar-refractivity contribution in [3.8, 4) is 5.75 Å². The van der Waals surface area contributed by atoms with Gasteiger partial charge in [0.05, 0.1) is 6.61 Å². The molecule has 0 aliphatic rings. The minimum absolute atomic E-state index is 0.0925. The Morgan fingerprint density at radius 1 is 1.00 bits per heavy atom. The highest BCUT2D eigenvalue weighted by molar-refractivity contribution is 5.97. The van der Waals surface area contributed by atoms with Gasteiger partial charge in [-0.1, -0.05) is 24.3 Å². The average molecular weight is 203 g/mol. The van der Waals surface area contributed by atoms with Crippen molar-refractivity contribution in [1.29, 1.82) is 0 Å². The molecule has 0 aliphatic heterocycles. The molecule has 0 saturated carbocycles. The quantitative estimate of drug-likeness (QED) is 0.714. The lowest BCUT2D eigenvalue weighted by Gasteiger charge is -2.09. The van der Waals surface area contributed by atoms with E-state index in [0.717, 1.165) is 16.5 Å². The molecule has 2 rings (SSSR count). The molecule has 0 aromatic heterocycles. The predicted molar refractivity (Wildman–Crippen MR) is 61.2 cm³/mol. The molecule has 15 heavy (non-hydrogen) atoms. The lowest BCUT2D eigenvalue weighted by molar-refractivity contribution is 0.311. The third-order valence-corrected chi connectivity index (χ3v) is 2.33. The van der Waals surface area contributed by atoms with Crippen molar-refractivity contribution >= 4 is 16.5 Å². The molecule has 0 saturated heterocycles. The first-order valence-corrected chi connectivity index (χ1v) is 4.88. The van der Waals surface area contributed by atoms with Crippen LogP contribution in [0.25, 0.3) is 10.8 Å². The highest BCUT2D eigenvalue weighted by atomic mass is 16.3. The number of rotatable bonds is 3. The number of benzene rings is 2. The monoisotopic (exact) mass is 203 g/mol. The number of hydrogen-bond donors (Lipinski definition) is 3. The molecule has 0 aliphatic carbocycles. The van der Waals surface area contributed by atoms with Crippen molar-refractivity contribution in [2.24, 2.45) is 0 Å². The third-order valence-electron chi connectivity index (χ3n) is 2.33. The van der Waals surface area contributed by atoms with Crippen LogP contribution in [0, 0.1) is 0 Å². The van der Waals surface area contributed by atoms with Crippen molar-refractivity contribution < 1.29 is 10.2 Å². The summed E-state index contributed by atoms with van der Waals surface area (Å²) in [6.45, 7) is 0.601. The lowest BCUT2D eigenvalue weighted by atomic mass is 10.1. The highest BCUT2D eigenvalue weighted by Gasteiger charge is 2.02. The molecule has 0 spiro atoms. The summed E-state index contributed by atoms with van der Waals surface area (Å²) < 4.78 is 0. The van der Waals surface area contributed by atoms with Crippen LogP contribution in [0.2, 0.25) is 0 Å². The van der Waals surface area contributed by atoms with E-state index in [0.29, 0.717) is 6.54 Å². The van der Waals surface area contributed by atoms with Crippen molar-refractivity contribution in [2.75, 3.05) is 18.5 Å². The zero-order chi connectivity index (χ0) is 10.7. The van der Waals surface area contributed by atoms with Gasteiger partial charge in [-0.2, -0.15) is 0 Å². The van der Waals surface area contributed by atoms with Gasteiger partial charge in [0.2, 0.25) is 0 Å². The molecule has 0 atom stereocenters. The van der Waals surface area contributed by atoms with E-state index < -0.39 is 0 Å². The van der Waals surface area contributed by atoms with Crippen molar-refractivity contribution in [2.45, 2.75) is 0 Å². The first-order valence-electron chi connectivity index (χ1n) is 4.88. The smallest absolute Gasteiger partial charge is 0.123 e. The number of aliphatic hydroxyl groups excluding tert-OH is 1. The molecule has 3 nitrogen and oxygen atoms in total. The summed E-state index contributed by atoms with van der Waals surface area (Å²) in [5.41, 5.74) is 0.928. The van der Waals surface area contributed by atoms with Gasteiger partial charge in [-0.3, -0.25) is 0 Å². The minimum Gasteiger partial charge on any atom is -0.507 e. The normalized spacial score (nSPS) is 10.5. The second kappa shape index (κ2) is 4.19. The maximum Gasteiger partial charge on any atom is 0.123 e. The fourth-order valence-corrected chi connectivity index (χ4v) is 1.64. The molecule has 2 aromatic carbocycles. The van der Waals surface area contributed by atoms with E-state index >= 15 is 0 Å². The van der Waals surface area contributed by atoms with Crippen LogP contribution in [0.5, 0.6) is 5.75 Å². The van der Waals surface area contributed by atoms with Crippen LogP contribution in [0.3, 0.4) is 0 Å². The Hall–Kier alpha value is -1.74. The fourth-order valence-electron chi connectivity index (χ4n) is 1.64. The van der Waals surface area contributed by atoms with Crippen LogP contribution in [0.4, 0.5) is 5.69 Å². The standard InChI is InChI=1S/C12H13NO2/c14-8-7-13-11-5-1-4-10-9(11)3-2-6-12(10)15/h1-6,13-15H,7-8H2. The topological polar surface area (TPSA) is 52.5 Å². The molecule has 3 N–H and O–H groups in total. The molecule has 0 bridgehead atoms. The molecule has 0 unspecified atom stereocenters. The molecule has 2 aromatic rings. The summed E-state index contributed by atoms with van der Waals surface area (Å²) in [6, 6.07) is 11.1. The van der Waals surface area contributed by atoms with E-state index in [9.17, 15) is 5.11 Å². The van der Waals surface area contributed by atoms with E-state index in [4.69, 9.17) is 5.11 Å². The van der Waals surface area contributed by atoms with Crippen LogP contribution >= 0.6 is 0 Å². The number of nitrogens with one attached hydrogen (secondary N) is 1. The van der Waals surface area contributed by atoms with Crippen molar-refractivity contribution in [3.05, 3.63) is 36.4 Å². The first kappa shape index (κ1) is 9.80. The zero-order valence-electron chi connectivity index (χ0n) is 8.27. The number of hydrogen-bond acceptors (Lipinski definition) is 3. The van der Waals surface area contributed by atoms with Crippen molar-refractivity contribution in [3.63, 3.8) is 0 Å². The van der Waals surface area contributed by atoms with Crippen LogP contribution in [0.15, 0.2) is 36.4 Å². The summed E-state index contributed by atoms with van der Waals surface area (Å²) in [5, 5.41) is 23.3. The lowest BCUT2D eigenvalue weighted by Crippen LogP contribution is -2.05. The summed E-state index contributed by atoms with van der Waals surface area (Å²) in [5.74, 6) is 0.278. The number of anilines is 1. The van der Waals surface area contributed by atoms with Gasteiger partial charge < -0.3 is 15.5 Å². The van der Waals surface area contributed by atoms with E-state index in [1.165, 1.54) is 0 Å². The number of aliphatic hydroxyl groups is 1. The zero-order valence-corrected chi connectivity index (χ0v) is 8.27. The Labute approximate surface area is 88.0 Å². The Bertz CT molecular complexity index is 468. The van der Waals surface area contributed by atoms with Crippen LogP contribution in [-0.2, 0) is 0 Å².